The number of aromatic nitrogens is 2. The summed E-state index contributed by atoms with van der Waals surface area (Å²) in [7, 11) is 0. The Morgan fingerprint density at radius 1 is 0.857 bits per heavy atom. The number of fused-ring (bicyclic) bond motifs is 1. The molecule has 0 aliphatic rings. The molecule has 1 aromatic heterocycles. The second-order valence-corrected chi connectivity index (χ2v) is 2.56. The molecule has 2 nitrogen and oxygen atoms in total. The van der Waals surface area contributed by atoms with Crippen molar-refractivity contribution in [2.75, 3.05) is 0 Å². The minimum Gasteiger partial charge on any atom is -0.204 e. The number of benzene rings is 1. The van der Waals surface area contributed by atoms with E-state index in [2.05, 4.69) is 10.2 Å². The van der Waals surface area contributed by atoms with Crippen LogP contribution >= 0.6 is 0 Å². The Balaban J connectivity index is 2.98. The molecule has 0 N–H and O–H groups in total. The Morgan fingerprint density at radius 3 is 2.29 bits per heavy atom. The molecule has 0 spiro atoms. The van der Waals surface area contributed by atoms with Gasteiger partial charge in [0.2, 0.25) is 0 Å². The van der Waals surface area contributed by atoms with E-state index in [4.69, 9.17) is 0 Å². The highest BCUT2D eigenvalue weighted by Gasteiger charge is 2.16. The van der Waals surface area contributed by atoms with Gasteiger partial charge < -0.3 is 0 Å². The summed E-state index contributed by atoms with van der Waals surface area (Å²) in [6.07, 6.45) is 0. The molecule has 0 unspecified atom stereocenters. The zero-order chi connectivity index (χ0) is 10.3. The molecule has 72 valence electrons. The lowest BCUT2D eigenvalue weighted by Crippen LogP contribution is -1.98. The Bertz CT molecular complexity index is 469. The molecule has 2 aromatic rings. The van der Waals surface area contributed by atoms with Crippen LogP contribution in [0.2, 0.25) is 0 Å². The third-order valence-electron chi connectivity index (χ3n) is 1.72. The van der Waals surface area contributed by atoms with Crippen LogP contribution in [-0.4, -0.2) is 10.2 Å². The average Bonchev–Trinajstić information content (AvgIpc) is 2.17. The zero-order valence-electron chi connectivity index (χ0n) is 6.56. The van der Waals surface area contributed by atoms with Crippen LogP contribution in [0.1, 0.15) is 0 Å². The van der Waals surface area contributed by atoms with Crippen molar-refractivity contribution in [3.8, 4) is 0 Å². The van der Waals surface area contributed by atoms with Gasteiger partial charge in [0.15, 0.2) is 17.5 Å². The Labute approximate surface area is 75.2 Å². The normalized spacial score (nSPS) is 10.9. The highest BCUT2D eigenvalue weighted by molar-refractivity contribution is 5.79. The quantitative estimate of drug-likeness (QED) is 0.612. The number of hydrogen-bond donors (Lipinski definition) is 0. The molecule has 0 fully saturated rings. The van der Waals surface area contributed by atoms with E-state index in [1.54, 1.807) is 0 Å². The van der Waals surface area contributed by atoms with Crippen molar-refractivity contribution >= 4 is 10.9 Å². The highest BCUT2D eigenvalue weighted by atomic mass is 19.2. The fourth-order valence-electron chi connectivity index (χ4n) is 1.08. The van der Waals surface area contributed by atoms with Crippen LogP contribution in [0.25, 0.3) is 10.9 Å². The van der Waals surface area contributed by atoms with Crippen molar-refractivity contribution in [2.45, 2.75) is 0 Å². The Kier molecular flexibility index (Phi) is 1.83. The number of halogens is 4. The monoisotopic (exact) mass is 202 g/mol. The zero-order valence-corrected chi connectivity index (χ0v) is 6.56. The molecular formula is C8H2F4N2. The first-order valence-electron chi connectivity index (χ1n) is 3.56. The molecule has 0 bridgehead atoms. The lowest BCUT2D eigenvalue weighted by Gasteiger charge is -2.00. The second kappa shape index (κ2) is 2.90. The number of nitrogens with zero attached hydrogens (tertiary/aromatic N) is 2. The average molecular weight is 202 g/mol. The molecule has 14 heavy (non-hydrogen) atoms. The van der Waals surface area contributed by atoms with Crippen molar-refractivity contribution in [3.63, 3.8) is 0 Å². The van der Waals surface area contributed by atoms with Gasteiger partial charge in [-0.3, -0.25) is 0 Å². The molecule has 0 saturated carbocycles. The predicted molar refractivity (Wildman–Crippen MR) is 39.4 cm³/mol. The van der Waals surface area contributed by atoms with Crippen molar-refractivity contribution in [1.29, 1.82) is 0 Å². The summed E-state index contributed by atoms with van der Waals surface area (Å²) >= 11 is 0. The number of hydrogen-bond acceptors (Lipinski definition) is 2. The fraction of sp³-hybridized carbons (Fsp3) is 0. The van der Waals surface area contributed by atoms with Crippen LogP contribution in [0.4, 0.5) is 17.6 Å². The van der Waals surface area contributed by atoms with Gasteiger partial charge in [0, 0.05) is 0 Å². The Hall–Kier alpha value is -1.72. The third kappa shape index (κ3) is 1.11. The minimum absolute atomic E-state index is 0.234. The molecule has 0 radical (unpaired) electrons. The third-order valence-corrected chi connectivity index (χ3v) is 1.72. The molecule has 6 heteroatoms. The first kappa shape index (κ1) is 8.86. The maximum Gasteiger partial charge on any atom is 0.269 e. The lowest BCUT2D eigenvalue weighted by atomic mass is 10.2. The molecule has 0 aliphatic carbocycles. The highest BCUT2D eigenvalue weighted by Crippen LogP contribution is 2.21. The molecule has 0 amide bonds. The summed E-state index contributed by atoms with van der Waals surface area (Å²) in [5.74, 6) is -5.81. The molecule has 0 atom stereocenters. The molecule has 0 aliphatic heterocycles. The van der Waals surface area contributed by atoms with E-state index in [1.165, 1.54) is 0 Å². The van der Waals surface area contributed by atoms with Crippen molar-refractivity contribution in [3.05, 3.63) is 35.5 Å². The molecule has 1 aromatic carbocycles. The van der Waals surface area contributed by atoms with Crippen LogP contribution in [0.3, 0.4) is 0 Å². The van der Waals surface area contributed by atoms with Gasteiger partial charge in [-0.25, -0.2) is 13.2 Å². The Morgan fingerprint density at radius 2 is 1.57 bits per heavy atom. The second-order valence-electron chi connectivity index (χ2n) is 2.56. The largest absolute Gasteiger partial charge is 0.269 e. The standard InChI is InChI=1S/C8H2F4N2/c9-3-1-2-4-5(6(3)10)7(11)8(12)14-13-4/h1-2H. The van der Waals surface area contributed by atoms with Crippen LogP contribution < -0.4 is 0 Å². The van der Waals surface area contributed by atoms with Crippen molar-refractivity contribution < 1.29 is 17.6 Å². The van der Waals surface area contributed by atoms with E-state index in [1.807, 2.05) is 0 Å². The number of rotatable bonds is 0. The van der Waals surface area contributed by atoms with Gasteiger partial charge in [0.25, 0.3) is 5.95 Å². The topological polar surface area (TPSA) is 25.8 Å². The lowest BCUT2D eigenvalue weighted by molar-refractivity contribution is 0.465. The van der Waals surface area contributed by atoms with Gasteiger partial charge in [-0.2, -0.15) is 4.39 Å². The van der Waals surface area contributed by atoms with E-state index in [9.17, 15) is 17.6 Å². The van der Waals surface area contributed by atoms with Gasteiger partial charge in [0.05, 0.1) is 10.9 Å². The SMILES string of the molecule is Fc1ccc2nnc(F)c(F)c2c1F. The van der Waals surface area contributed by atoms with Gasteiger partial charge >= 0.3 is 0 Å². The summed E-state index contributed by atoms with van der Waals surface area (Å²) in [6, 6.07) is 1.78. The molecular weight excluding hydrogens is 200 g/mol. The van der Waals surface area contributed by atoms with Gasteiger partial charge in [0.1, 0.15) is 0 Å². The van der Waals surface area contributed by atoms with Crippen molar-refractivity contribution in [2.24, 2.45) is 0 Å². The first-order valence-corrected chi connectivity index (χ1v) is 3.56. The summed E-state index contributed by atoms with van der Waals surface area (Å²) in [4.78, 5) is 0. The fourth-order valence-corrected chi connectivity index (χ4v) is 1.08. The maximum absolute atomic E-state index is 13.0. The summed E-state index contributed by atoms with van der Waals surface area (Å²) in [5.41, 5.74) is -0.234. The van der Waals surface area contributed by atoms with E-state index in [-0.39, 0.29) is 5.52 Å². The van der Waals surface area contributed by atoms with Crippen LogP contribution in [0.15, 0.2) is 12.1 Å². The van der Waals surface area contributed by atoms with E-state index in [0.717, 1.165) is 12.1 Å². The molecule has 0 saturated heterocycles. The smallest absolute Gasteiger partial charge is 0.204 e. The van der Waals surface area contributed by atoms with Crippen LogP contribution in [-0.2, 0) is 0 Å². The van der Waals surface area contributed by atoms with Crippen molar-refractivity contribution in [1.82, 2.24) is 10.2 Å². The van der Waals surface area contributed by atoms with E-state index in [0.29, 0.717) is 0 Å². The van der Waals surface area contributed by atoms with E-state index < -0.39 is 28.8 Å². The maximum atomic E-state index is 13.0. The van der Waals surface area contributed by atoms with Gasteiger partial charge in [-0.1, -0.05) is 0 Å². The molecule has 2 rings (SSSR count). The predicted octanol–water partition coefficient (Wildman–Crippen LogP) is 2.19. The summed E-state index contributed by atoms with van der Waals surface area (Å²) in [5, 5.41) is 5.15. The van der Waals surface area contributed by atoms with Gasteiger partial charge in [-0.15, -0.1) is 10.2 Å². The van der Waals surface area contributed by atoms with Crippen LogP contribution in [0.5, 0.6) is 0 Å². The minimum atomic E-state index is -1.55. The summed E-state index contributed by atoms with van der Waals surface area (Å²) in [6.45, 7) is 0. The van der Waals surface area contributed by atoms with E-state index >= 15 is 0 Å². The summed E-state index contributed by atoms with van der Waals surface area (Å²) < 4.78 is 51.1. The van der Waals surface area contributed by atoms with Crippen LogP contribution in [0, 0.1) is 23.4 Å². The molecule has 1 heterocycles. The van der Waals surface area contributed by atoms with Gasteiger partial charge in [-0.05, 0) is 12.1 Å². The first-order chi connectivity index (χ1) is 6.61.